The van der Waals surface area contributed by atoms with Crippen LogP contribution in [-0.2, 0) is 17.8 Å². The van der Waals surface area contributed by atoms with Gasteiger partial charge < -0.3 is 5.32 Å². The third-order valence-electron chi connectivity index (χ3n) is 3.69. The van der Waals surface area contributed by atoms with E-state index in [1.54, 1.807) is 6.20 Å². The van der Waals surface area contributed by atoms with Gasteiger partial charge in [0.25, 0.3) is 0 Å². The van der Waals surface area contributed by atoms with Crippen molar-refractivity contribution >= 4 is 22.4 Å². The molecule has 0 aliphatic carbocycles. The molecule has 6 nitrogen and oxygen atoms in total. The number of nitrogens with one attached hydrogen (secondary N) is 1. The largest absolute Gasteiger partial charge is 0.301 e. The summed E-state index contributed by atoms with van der Waals surface area (Å²) in [6.07, 6.45) is 4.46. The van der Waals surface area contributed by atoms with Crippen LogP contribution < -0.4 is 5.32 Å². The van der Waals surface area contributed by atoms with E-state index in [0.29, 0.717) is 11.7 Å². The smallest absolute Gasteiger partial charge is 0.243 e. The first kappa shape index (κ1) is 14.1. The number of anilines is 1. The van der Waals surface area contributed by atoms with Gasteiger partial charge in [-0.25, -0.2) is 15.0 Å². The molecule has 2 aromatic rings. The van der Waals surface area contributed by atoms with Crippen LogP contribution in [0, 0.1) is 6.92 Å². The van der Waals surface area contributed by atoms with Gasteiger partial charge in [0.05, 0.1) is 11.7 Å². The molecule has 0 fully saturated rings. The molecule has 2 aromatic heterocycles. The molecule has 1 aliphatic heterocycles. The molecule has 21 heavy (non-hydrogen) atoms. The Balaban J connectivity index is 1.68. The van der Waals surface area contributed by atoms with Gasteiger partial charge in [-0.3, -0.25) is 9.69 Å². The van der Waals surface area contributed by atoms with E-state index in [9.17, 15) is 4.79 Å². The maximum absolute atomic E-state index is 12.3. The minimum atomic E-state index is -0.211. The molecule has 7 heteroatoms. The van der Waals surface area contributed by atoms with Crippen LogP contribution in [0.1, 0.15) is 24.0 Å². The molecule has 3 rings (SSSR count). The second-order valence-electron chi connectivity index (χ2n) is 5.11. The highest BCUT2D eigenvalue weighted by atomic mass is 32.1. The van der Waals surface area contributed by atoms with Crippen molar-refractivity contribution in [1.82, 2.24) is 19.9 Å². The average molecular weight is 303 g/mol. The summed E-state index contributed by atoms with van der Waals surface area (Å²) < 4.78 is 0. The van der Waals surface area contributed by atoms with Crippen LogP contribution >= 0.6 is 11.3 Å². The summed E-state index contributed by atoms with van der Waals surface area (Å²) in [6.45, 7) is 5.33. The van der Waals surface area contributed by atoms with E-state index in [0.717, 1.165) is 24.5 Å². The number of fused-ring (bicyclic) bond motifs is 1. The summed E-state index contributed by atoms with van der Waals surface area (Å²) in [5.41, 5.74) is 2.21. The third kappa shape index (κ3) is 3.08. The molecular weight excluding hydrogens is 286 g/mol. The minimum Gasteiger partial charge on any atom is -0.301 e. The van der Waals surface area contributed by atoms with Gasteiger partial charge in [-0.05, 0) is 25.8 Å². The highest BCUT2D eigenvalue weighted by Gasteiger charge is 2.26. The highest BCUT2D eigenvalue weighted by molar-refractivity contribution is 7.13. The molecular formula is C14H17N5OS. The van der Waals surface area contributed by atoms with Crippen LogP contribution in [-0.4, -0.2) is 38.3 Å². The third-order valence-corrected chi connectivity index (χ3v) is 4.37. The second kappa shape index (κ2) is 5.87. The van der Waals surface area contributed by atoms with Gasteiger partial charge in [-0.2, -0.15) is 0 Å². The standard InChI is InChI=1S/C14H17N5OS/c1-9(13(20)18-14-15-4-6-21-14)19-5-3-11-7-16-10(2)17-12(11)8-19/h4,6-7,9H,3,5,8H2,1-2H3,(H,15,18,20)/t9-/m0/s1. The van der Waals surface area contributed by atoms with Gasteiger partial charge in [-0.1, -0.05) is 0 Å². The van der Waals surface area contributed by atoms with Crippen molar-refractivity contribution in [2.75, 3.05) is 11.9 Å². The van der Waals surface area contributed by atoms with Crippen LogP contribution in [0.15, 0.2) is 17.8 Å². The number of thiazole rings is 1. The van der Waals surface area contributed by atoms with Gasteiger partial charge in [0.1, 0.15) is 5.82 Å². The van der Waals surface area contributed by atoms with Crippen molar-refractivity contribution in [3.8, 4) is 0 Å². The first-order chi connectivity index (χ1) is 10.1. The molecule has 1 atom stereocenters. The molecule has 0 radical (unpaired) electrons. The molecule has 110 valence electrons. The Morgan fingerprint density at radius 1 is 1.48 bits per heavy atom. The fourth-order valence-corrected chi connectivity index (χ4v) is 2.95. The number of hydrogen-bond acceptors (Lipinski definition) is 6. The van der Waals surface area contributed by atoms with Crippen molar-refractivity contribution in [3.05, 3.63) is 34.9 Å². The maximum Gasteiger partial charge on any atom is 0.243 e. The summed E-state index contributed by atoms with van der Waals surface area (Å²) in [4.78, 5) is 27.2. The predicted molar refractivity (Wildman–Crippen MR) is 81.1 cm³/mol. The van der Waals surface area contributed by atoms with E-state index in [-0.39, 0.29) is 11.9 Å². The van der Waals surface area contributed by atoms with E-state index < -0.39 is 0 Å². The monoisotopic (exact) mass is 303 g/mol. The zero-order valence-electron chi connectivity index (χ0n) is 12.0. The predicted octanol–water partition coefficient (Wildman–Crippen LogP) is 1.63. The number of carbonyl (C=O) groups excluding carboxylic acids is 1. The number of hydrogen-bond donors (Lipinski definition) is 1. The van der Waals surface area contributed by atoms with E-state index in [1.807, 2.05) is 25.4 Å². The van der Waals surface area contributed by atoms with Crippen molar-refractivity contribution in [2.24, 2.45) is 0 Å². The Morgan fingerprint density at radius 2 is 2.33 bits per heavy atom. The summed E-state index contributed by atoms with van der Waals surface area (Å²) >= 11 is 1.42. The lowest BCUT2D eigenvalue weighted by Crippen LogP contribution is -2.44. The van der Waals surface area contributed by atoms with Crippen molar-refractivity contribution in [3.63, 3.8) is 0 Å². The lowest BCUT2D eigenvalue weighted by Gasteiger charge is -2.31. The topological polar surface area (TPSA) is 71.0 Å². The lowest BCUT2D eigenvalue weighted by atomic mass is 10.0. The fraction of sp³-hybridized carbons (Fsp3) is 0.429. The summed E-state index contributed by atoms with van der Waals surface area (Å²) in [5.74, 6) is 0.745. The van der Waals surface area contributed by atoms with Gasteiger partial charge in [-0.15, -0.1) is 11.3 Å². The normalized spacial score (nSPS) is 16.3. The fourth-order valence-electron chi connectivity index (χ4n) is 2.41. The van der Waals surface area contributed by atoms with Crippen LogP contribution in [0.25, 0.3) is 0 Å². The van der Waals surface area contributed by atoms with Gasteiger partial charge in [0, 0.05) is 30.9 Å². The number of carbonyl (C=O) groups is 1. The Bertz CT molecular complexity index is 643. The van der Waals surface area contributed by atoms with E-state index in [2.05, 4.69) is 25.2 Å². The quantitative estimate of drug-likeness (QED) is 0.933. The number of amides is 1. The SMILES string of the molecule is Cc1ncc2c(n1)CN([C@@H](C)C(=O)Nc1nccs1)CC2. The Morgan fingerprint density at radius 3 is 3.10 bits per heavy atom. The zero-order valence-corrected chi connectivity index (χ0v) is 12.9. The summed E-state index contributed by atoms with van der Waals surface area (Å²) in [5, 5.41) is 5.33. The van der Waals surface area contributed by atoms with Crippen LogP contribution in [0.5, 0.6) is 0 Å². The van der Waals surface area contributed by atoms with Gasteiger partial charge in [0.15, 0.2) is 5.13 Å². The molecule has 0 saturated heterocycles. The van der Waals surface area contributed by atoms with Crippen molar-refractivity contribution < 1.29 is 4.79 Å². The molecule has 3 heterocycles. The van der Waals surface area contributed by atoms with Crippen LogP contribution in [0.3, 0.4) is 0 Å². The second-order valence-corrected chi connectivity index (χ2v) is 6.01. The Kier molecular flexibility index (Phi) is 3.94. The summed E-state index contributed by atoms with van der Waals surface area (Å²) in [6, 6.07) is -0.211. The number of aryl methyl sites for hydroxylation is 1. The molecule has 0 bridgehead atoms. The Hall–Kier alpha value is -1.86. The van der Waals surface area contributed by atoms with Gasteiger partial charge in [0.2, 0.25) is 5.91 Å². The van der Waals surface area contributed by atoms with E-state index >= 15 is 0 Å². The van der Waals surface area contributed by atoms with Crippen LogP contribution in [0.4, 0.5) is 5.13 Å². The zero-order chi connectivity index (χ0) is 14.8. The van der Waals surface area contributed by atoms with Crippen molar-refractivity contribution in [1.29, 1.82) is 0 Å². The summed E-state index contributed by atoms with van der Waals surface area (Å²) in [7, 11) is 0. The number of aromatic nitrogens is 3. The van der Waals surface area contributed by atoms with Crippen LogP contribution in [0.2, 0.25) is 0 Å². The lowest BCUT2D eigenvalue weighted by molar-refractivity contribution is -0.121. The molecule has 0 saturated carbocycles. The minimum absolute atomic E-state index is 0.0285. The van der Waals surface area contributed by atoms with E-state index in [4.69, 9.17) is 0 Å². The highest BCUT2D eigenvalue weighted by Crippen LogP contribution is 2.19. The molecule has 1 aliphatic rings. The van der Waals surface area contributed by atoms with E-state index in [1.165, 1.54) is 16.9 Å². The first-order valence-corrected chi connectivity index (χ1v) is 7.77. The first-order valence-electron chi connectivity index (χ1n) is 6.89. The average Bonchev–Trinajstić information content (AvgIpc) is 2.98. The molecule has 1 amide bonds. The number of nitrogens with zero attached hydrogens (tertiary/aromatic N) is 4. The maximum atomic E-state index is 12.3. The van der Waals surface area contributed by atoms with Crippen molar-refractivity contribution in [2.45, 2.75) is 32.9 Å². The molecule has 0 spiro atoms. The Labute approximate surface area is 127 Å². The molecule has 0 unspecified atom stereocenters. The molecule has 0 aromatic carbocycles. The molecule has 1 N–H and O–H groups in total. The number of rotatable bonds is 3. The van der Waals surface area contributed by atoms with Gasteiger partial charge >= 0.3 is 0 Å².